The normalized spacial score (nSPS) is 16.9. The van der Waals surface area contributed by atoms with E-state index in [0.717, 1.165) is 11.8 Å². The Labute approximate surface area is 241 Å². The highest BCUT2D eigenvalue weighted by molar-refractivity contribution is 8.01. The van der Waals surface area contributed by atoms with Crippen LogP contribution >= 0.6 is 34.7 Å². The molecule has 40 heavy (non-hydrogen) atoms. The Hall–Kier alpha value is -4.25. The minimum atomic E-state index is -1.20. The second-order valence-electron chi connectivity index (χ2n) is 8.79. The highest BCUT2D eigenvalue weighted by atomic mass is 35.5. The van der Waals surface area contributed by atoms with Gasteiger partial charge in [0, 0.05) is 35.8 Å². The van der Waals surface area contributed by atoms with Gasteiger partial charge < -0.3 is 16.2 Å². The lowest BCUT2D eigenvalue weighted by molar-refractivity contribution is -0.116. The van der Waals surface area contributed by atoms with E-state index in [0.29, 0.717) is 51.3 Å². The Balaban J connectivity index is 1.38. The van der Waals surface area contributed by atoms with Gasteiger partial charge in [-0.15, -0.1) is 10.2 Å². The number of amides is 1. The number of carbonyl (C=O) groups is 3. The maximum atomic E-state index is 13.2. The average Bonchev–Trinajstić information content (AvgIpc) is 3.41. The maximum absolute atomic E-state index is 13.2. The zero-order chi connectivity index (χ0) is 28.4. The molecular weight excluding hydrogens is 574 g/mol. The monoisotopic (exact) mass is 593 g/mol. The van der Waals surface area contributed by atoms with Crippen molar-refractivity contribution in [3.63, 3.8) is 0 Å². The predicted octanol–water partition coefficient (Wildman–Crippen LogP) is 4.32. The highest BCUT2D eigenvalue weighted by Gasteiger charge is 2.41. The number of Topliss-reactive ketones (excluding diaryl/α,β-unsaturated/α-hetero) is 1. The summed E-state index contributed by atoms with van der Waals surface area (Å²) in [5.74, 6) is -2.10. The maximum Gasteiger partial charge on any atom is 0.337 e. The molecule has 1 aliphatic heterocycles. The van der Waals surface area contributed by atoms with E-state index >= 15 is 0 Å². The Morgan fingerprint density at radius 3 is 2.85 bits per heavy atom. The van der Waals surface area contributed by atoms with Crippen molar-refractivity contribution in [3.8, 4) is 6.07 Å². The third-order valence-electron chi connectivity index (χ3n) is 6.33. The number of anilines is 2. The van der Waals surface area contributed by atoms with Crippen LogP contribution in [-0.4, -0.2) is 43.7 Å². The number of nitrogens with two attached hydrogens (primary N) is 1. The molecule has 11 nitrogen and oxygen atoms in total. The number of thioether (sulfide) groups is 1. The van der Waals surface area contributed by atoms with Gasteiger partial charge in [0.1, 0.15) is 5.82 Å². The van der Waals surface area contributed by atoms with Crippen LogP contribution in [0.4, 0.5) is 10.8 Å². The van der Waals surface area contributed by atoms with Gasteiger partial charge in [-0.3, -0.25) is 19.5 Å². The first-order valence-corrected chi connectivity index (χ1v) is 14.1. The molecule has 1 aliphatic carbocycles. The number of aromatic carboxylic acids is 1. The third-order valence-corrected chi connectivity index (χ3v) is 8.70. The number of allylic oxidation sites excluding steroid dienone is 3. The number of rotatable bonds is 7. The average molecular weight is 594 g/mol. The molecule has 0 spiro atoms. The lowest BCUT2D eigenvalue weighted by Crippen LogP contribution is -2.38. The molecule has 5 rings (SSSR count). The summed E-state index contributed by atoms with van der Waals surface area (Å²) >= 11 is 8.19. The standard InChI is InChI=1S/C26H20ClN7O4S2/c27-17-7-6-14(9-15(17)24(37)38)31-20(36)12-39-26-33-32-25(40-26)34-18-4-1-5-19(35)22(18)21(16(10-28)23(34)29)13-3-2-8-30-11-13/h2-3,6-9,11,21H,1,4-5,12,29H2,(H,31,36)(H,37,38). The molecule has 3 heterocycles. The topological polar surface area (TPSA) is 175 Å². The molecule has 3 aromatic rings. The van der Waals surface area contributed by atoms with E-state index in [-0.39, 0.29) is 39.4 Å². The number of hydrogen-bond acceptors (Lipinski definition) is 11. The number of carboxylic acids is 1. The summed E-state index contributed by atoms with van der Waals surface area (Å²) in [6.45, 7) is 0. The summed E-state index contributed by atoms with van der Waals surface area (Å²) in [5, 5.41) is 30.8. The van der Waals surface area contributed by atoms with E-state index in [9.17, 15) is 24.8 Å². The fourth-order valence-corrected chi connectivity index (χ4v) is 6.51. The van der Waals surface area contributed by atoms with Gasteiger partial charge >= 0.3 is 5.97 Å². The van der Waals surface area contributed by atoms with Gasteiger partial charge in [0.25, 0.3) is 0 Å². The summed E-state index contributed by atoms with van der Waals surface area (Å²) < 4.78 is 0.470. The van der Waals surface area contributed by atoms with Gasteiger partial charge in [-0.1, -0.05) is 40.8 Å². The van der Waals surface area contributed by atoms with E-state index in [1.165, 1.54) is 29.5 Å². The number of nitrogens with zero attached hydrogens (tertiary/aromatic N) is 5. The predicted molar refractivity (Wildman–Crippen MR) is 150 cm³/mol. The molecule has 202 valence electrons. The van der Waals surface area contributed by atoms with Crippen LogP contribution in [0.25, 0.3) is 0 Å². The van der Waals surface area contributed by atoms with Crippen LogP contribution in [0, 0.1) is 11.3 Å². The van der Waals surface area contributed by atoms with Crippen molar-refractivity contribution >= 4 is 63.2 Å². The zero-order valence-corrected chi connectivity index (χ0v) is 23.0. The fraction of sp³-hybridized carbons (Fsp3) is 0.192. The Morgan fingerprint density at radius 1 is 1.30 bits per heavy atom. The molecule has 1 atom stereocenters. The number of carboxylic acid groups (broad SMARTS) is 1. The number of benzene rings is 1. The molecule has 4 N–H and O–H groups in total. The number of nitrogens with one attached hydrogen (secondary N) is 1. The molecule has 1 unspecified atom stereocenters. The lowest BCUT2D eigenvalue weighted by Gasteiger charge is -2.37. The smallest absolute Gasteiger partial charge is 0.337 e. The van der Waals surface area contributed by atoms with E-state index in [4.69, 9.17) is 17.3 Å². The minimum Gasteiger partial charge on any atom is -0.478 e. The number of aromatic nitrogens is 3. The van der Waals surface area contributed by atoms with E-state index in [1.54, 1.807) is 23.4 Å². The quantitative estimate of drug-likeness (QED) is 0.332. The highest BCUT2D eigenvalue weighted by Crippen LogP contribution is 2.46. The van der Waals surface area contributed by atoms with Crippen molar-refractivity contribution in [1.82, 2.24) is 15.2 Å². The number of nitriles is 1. The van der Waals surface area contributed by atoms with Crippen molar-refractivity contribution in [2.24, 2.45) is 5.73 Å². The molecule has 2 aromatic heterocycles. The van der Waals surface area contributed by atoms with E-state index < -0.39 is 11.9 Å². The van der Waals surface area contributed by atoms with Gasteiger partial charge in [0.05, 0.1) is 33.9 Å². The molecule has 0 saturated heterocycles. The first kappa shape index (κ1) is 27.3. The number of halogens is 1. The Kier molecular flexibility index (Phi) is 7.83. The molecular formula is C26H20ClN7O4S2. The van der Waals surface area contributed by atoms with Crippen LogP contribution in [0.5, 0.6) is 0 Å². The van der Waals surface area contributed by atoms with Crippen LogP contribution in [0.1, 0.15) is 41.1 Å². The molecule has 14 heteroatoms. The summed E-state index contributed by atoms with van der Waals surface area (Å²) in [5.41, 5.74) is 8.85. The molecule has 0 fully saturated rings. The number of carbonyl (C=O) groups excluding carboxylic acids is 2. The van der Waals surface area contributed by atoms with Crippen molar-refractivity contribution in [1.29, 1.82) is 5.26 Å². The van der Waals surface area contributed by atoms with Crippen LogP contribution in [0.15, 0.2) is 69.7 Å². The van der Waals surface area contributed by atoms with Crippen LogP contribution in [0.3, 0.4) is 0 Å². The fourth-order valence-electron chi connectivity index (χ4n) is 4.63. The third kappa shape index (κ3) is 5.29. The van der Waals surface area contributed by atoms with Crippen LogP contribution in [-0.2, 0) is 9.59 Å². The number of hydrogen-bond donors (Lipinski definition) is 3. The second kappa shape index (κ2) is 11.5. The first-order valence-electron chi connectivity index (χ1n) is 11.9. The van der Waals surface area contributed by atoms with Gasteiger partial charge in [0.2, 0.25) is 11.0 Å². The molecule has 1 amide bonds. The van der Waals surface area contributed by atoms with Gasteiger partial charge in [-0.2, -0.15) is 5.26 Å². The molecule has 1 aromatic carbocycles. The van der Waals surface area contributed by atoms with Gasteiger partial charge in [-0.25, -0.2) is 4.79 Å². The van der Waals surface area contributed by atoms with Crippen molar-refractivity contribution < 1.29 is 19.5 Å². The van der Waals surface area contributed by atoms with E-state index in [1.807, 2.05) is 6.07 Å². The molecule has 0 radical (unpaired) electrons. The van der Waals surface area contributed by atoms with E-state index in [2.05, 4.69) is 26.6 Å². The molecule has 0 saturated carbocycles. The lowest BCUT2D eigenvalue weighted by atomic mass is 9.76. The Bertz CT molecular complexity index is 1630. The van der Waals surface area contributed by atoms with Gasteiger partial charge in [-0.05, 0) is 42.7 Å². The summed E-state index contributed by atoms with van der Waals surface area (Å²) in [4.78, 5) is 42.8. The SMILES string of the molecule is N#CC1=C(N)N(c2nnc(SCC(=O)Nc3ccc(Cl)c(C(=O)O)c3)s2)C2=C(C(=O)CCC2)C1c1cccnc1. The van der Waals surface area contributed by atoms with Crippen LogP contribution in [0.2, 0.25) is 5.02 Å². The zero-order valence-electron chi connectivity index (χ0n) is 20.6. The van der Waals surface area contributed by atoms with Crippen LogP contribution < -0.4 is 16.0 Å². The second-order valence-corrected chi connectivity index (χ2v) is 11.4. The van der Waals surface area contributed by atoms with Crippen molar-refractivity contribution in [3.05, 3.63) is 81.5 Å². The molecule has 2 aliphatic rings. The largest absolute Gasteiger partial charge is 0.478 e. The van der Waals surface area contributed by atoms with Gasteiger partial charge in [0.15, 0.2) is 10.1 Å². The van der Waals surface area contributed by atoms with Crippen molar-refractivity contribution in [2.75, 3.05) is 16.0 Å². The first-order chi connectivity index (χ1) is 19.3. The molecule has 0 bridgehead atoms. The summed E-state index contributed by atoms with van der Waals surface area (Å²) in [7, 11) is 0. The van der Waals surface area contributed by atoms with Crippen molar-refractivity contribution in [2.45, 2.75) is 29.5 Å². The summed E-state index contributed by atoms with van der Waals surface area (Å²) in [6, 6.07) is 9.95. The number of pyridine rings is 1. The number of ketones is 1. The minimum absolute atomic E-state index is 0.0239. The Morgan fingerprint density at radius 2 is 2.12 bits per heavy atom. The summed E-state index contributed by atoms with van der Waals surface area (Å²) in [6.07, 6.45) is 4.84.